The van der Waals surface area contributed by atoms with Crippen LogP contribution >= 0.6 is 34.3 Å². The van der Waals surface area contributed by atoms with Gasteiger partial charge in [0.2, 0.25) is 0 Å². The zero-order chi connectivity index (χ0) is 20.1. The summed E-state index contributed by atoms with van der Waals surface area (Å²) in [6.07, 6.45) is 0.378. The molecule has 2 aromatic heterocycles. The van der Waals surface area contributed by atoms with Crippen LogP contribution in [0.4, 0.5) is 0 Å². The van der Waals surface area contributed by atoms with Gasteiger partial charge in [-0.1, -0.05) is 23.7 Å². The van der Waals surface area contributed by atoms with Crippen LogP contribution in [0.25, 0.3) is 9.88 Å². The Bertz CT molecular complexity index is 968. The van der Waals surface area contributed by atoms with Gasteiger partial charge in [0.1, 0.15) is 16.5 Å². The third kappa shape index (κ3) is 5.09. The normalized spacial score (nSPS) is 11.8. The monoisotopic (exact) mass is 436 g/mol. The minimum Gasteiger partial charge on any atom is -0.508 e. The first-order valence-electron chi connectivity index (χ1n) is 8.31. The summed E-state index contributed by atoms with van der Waals surface area (Å²) in [4.78, 5) is 29.8. The van der Waals surface area contributed by atoms with E-state index in [1.54, 1.807) is 35.7 Å². The van der Waals surface area contributed by atoms with Crippen molar-refractivity contribution in [2.45, 2.75) is 6.42 Å². The summed E-state index contributed by atoms with van der Waals surface area (Å²) in [6, 6.07) is 10.2. The van der Waals surface area contributed by atoms with E-state index >= 15 is 0 Å². The van der Waals surface area contributed by atoms with E-state index in [9.17, 15) is 14.7 Å². The minimum atomic E-state index is -0.548. The predicted molar refractivity (Wildman–Crippen MR) is 110 cm³/mol. The molecule has 2 N–H and O–H groups in total. The van der Waals surface area contributed by atoms with Crippen LogP contribution in [0, 0.1) is 5.92 Å². The molecule has 1 amide bonds. The maximum Gasteiger partial charge on any atom is 0.310 e. The van der Waals surface area contributed by atoms with E-state index in [2.05, 4.69) is 10.3 Å². The van der Waals surface area contributed by atoms with Crippen LogP contribution in [0.5, 0.6) is 5.75 Å². The fraction of sp³-hybridized carbons (Fsp3) is 0.211. The van der Waals surface area contributed by atoms with Crippen LogP contribution in [0.3, 0.4) is 0 Å². The summed E-state index contributed by atoms with van der Waals surface area (Å²) in [6.45, 7) is 0.115. The summed E-state index contributed by atoms with van der Waals surface area (Å²) in [7, 11) is 1.31. The van der Waals surface area contributed by atoms with Gasteiger partial charge < -0.3 is 15.2 Å². The third-order valence-electron chi connectivity index (χ3n) is 3.98. The van der Waals surface area contributed by atoms with E-state index in [1.807, 2.05) is 6.07 Å². The van der Waals surface area contributed by atoms with Gasteiger partial charge in [-0.15, -0.1) is 22.7 Å². The molecule has 0 spiro atoms. The first kappa shape index (κ1) is 20.3. The molecule has 0 fully saturated rings. The number of carbonyl (C=O) groups is 2. The molecule has 6 nitrogen and oxygen atoms in total. The third-order valence-corrected chi connectivity index (χ3v) is 6.23. The average molecular weight is 437 g/mol. The first-order valence-corrected chi connectivity index (χ1v) is 10.4. The summed E-state index contributed by atoms with van der Waals surface area (Å²) in [5.41, 5.74) is 1.14. The topological polar surface area (TPSA) is 88.5 Å². The van der Waals surface area contributed by atoms with Crippen molar-refractivity contribution in [1.29, 1.82) is 0 Å². The summed E-state index contributed by atoms with van der Waals surface area (Å²) in [5, 5.41) is 14.5. The molecule has 0 aliphatic carbocycles. The molecule has 0 saturated heterocycles. The highest BCUT2D eigenvalue weighted by Crippen LogP contribution is 2.32. The Balaban J connectivity index is 1.64. The van der Waals surface area contributed by atoms with Gasteiger partial charge in [-0.3, -0.25) is 9.59 Å². The summed E-state index contributed by atoms with van der Waals surface area (Å²) >= 11 is 8.69. The van der Waals surface area contributed by atoms with Crippen molar-refractivity contribution in [2.75, 3.05) is 13.7 Å². The second-order valence-corrected chi connectivity index (χ2v) is 8.52. The van der Waals surface area contributed by atoms with Crippen LogP contribution in [0.15, 0.2) is 41.8 Å². The molecule has 28 heavy (non-hydrogen) atoms. The van der Waals surface area contributed by atoms with E-state index < -0.39 is 11.9 Å². The van der Waals surface area contributed by atoms with Gasteiger partial charge in [0.05, 0.1) is 22.2 Å². The number of carbonyl (C=O) groups excluding carboxylic acids is 2. The summed E-state index contributed by atoms with van der Waals surface area (Å²) < 4.78 is 5.50. The molecule has 0 saturated carbocycles. The molecular weight excluding hydrogens is 420 g/mol. The SMILES string of the molecule is COC(=O)C(CNC(=O)c1csc(-c2ccc(Cl)s2)n1)Cc1ccc(O)cc1. The molecule has 0 aliphatic heterocycles. The van der Waals surface area contributed by atoms with Gasteiger partial charge in [-0.25, -0.2) is 4.98 Å². The number of esters is 1. The van der Waals surface area contributed by atoms with Crippen molar-refractivity contribution in [1.82, 2.24) is 10.3 Å². The largest absolute Gasteiger partial charge is 0.508 e. The van der Waals surface area contributed by atoms with Crippen molar-refractivity contribution < 1.29 is 19.4 Å². The van der Waals surface area contributed by atoms with Crippen LogP contribution in [-0.2, 0) is 16.0 Å². The number of halogens is 1. The predicted octanol–water partition coefficient (Wildman–Crippen LogP) is 3.99. The number of nitrogens with zero attached hydrogens (tertiary/aromatic N) is 1. The molecule has 2 heterocycles. The number of methoxy groups -OCH3 is 1. The molecule has 1 aromatic carbocycles. The van der Waals surface area contributed by atoms with Gasteiger partial charge >= 0.3 is 5.97 Å². The molecule has 0 aliphatic rings. The zero-order valence-electron chi connectivity index (χ0n) is 14.8. The van der Waals surface area contributed by atoms with Crippen LogP contribution < -0.4 is 5.32 Å². The number of aromatic hydroxyl groups is 1. The molecule has 146 valence electrons. The number of thiophene rings is 1. The number of nitrogens with one attached hydrogen (secondary N) is 1. The number of benzene rings is 1. The Labute approximate surface area is 174 Å². The van der Waals surface area contributed by atoms with Gasteiger partial charge in [0, 0.05) is 11.9 Å². The van der Waals surface area contributed by atoms with Crippen molar-refractivity contribution in [2.24, 2.45) is 5.92 Å². The number of ether oxygens (including phenoxy) is 1. The molecule has 3 rings (SSSR count). The van der Waals surface area contributed by atoms with Crippen molar-refractivity contribution in [3.05, 3.63) is 57.4 Å². The first-order chi connectivity index (χ1) is 13.5. The van der Waals surface area contributed by atoms with Gasteiger partial charge in [0.15, 0.2) is 0 Å². The number of amides is 1. The molecule has 0 radical (unpaired) electrons. The van der Waals surface area contributed by atoms with Gasteiger partial charge in [0.25, 0.3) is 5.91 Å². The van der Waals surface area contributed by atoms with Gasteiger partial charge in [-0.05, 0) is 36.2 Å². The Morgan fingerprint density at radius 1 is 1.25 bits per heavy atom. The minimum absolute atomic E-state index is 0.115. The Morgan fingerprint density at radius 2 is 2.00 bits per heavy atom. The zero-order valence-corrected chi connectivity index (χ0v) is 17.2. The van der Waals surface area contributed by atoms with E-state index in [1.165, 1.54) is 29.8 Å². The van der Waals surface area contributed by atoms with E-state index in [0.29, 0.717) is 10.8 Å². The second-order valence-electron chi connectivity index (χ2n) is 5.94. The highest BCUT2D eigenvalue weighted by molar-refractivity contribution is 7.23. The number of hydrogen-bond donors (Lipinski definition) is 2. The number of thiazole rings is 1. The number of rotatable bonds is 7. The Hall–Kier alpha value is -2.42. The lowest BCUT2D eigenvalue weighted by molar-refractivity contribution is -0.145. The molecular formula is C19H17ClN2O4S2. The van der Waals surface area contributed by atoms with E-state index in [4.69, 9.17) is 16.3 Å². The Kier molecular flexibility index (Phi) is 6.66. The highest BCUT2D eigenvalue weighted by atomic mass is 35.5. The number of phenolic OH excluding ortho intramolecular Hbond substituents is 1. The second kappa shape index (κ2) is 9.18. The van der Waals surface area contributed by atoms with Crippen LogP contribution in [0.1, 0.15) is 16.1 Å². The van der Waals surface area contributed by atoms with Crippen molar-refractivity contribution in [3.8, 4) is 15.6 Å². The summed E-state index contributed by atoms with van der Waals surface area (Å²) in [5.74, 6) is -1.17. The quantitative estimate of drug-likeness (QED) is 0.546. The lowest BCUT2D eigenvalue weighted by Gasteiger charge is -2.15. The van der Waals surface area contributed by atoms with Crippen LogP contribution in [-0.4, -0.2) is 35.6 Å². The van der Waals surface area contributed by atoms with Crippen molar-refractivity contribution in [3.63, 3.8) is 0 Å². The Morgan fingerprint density at radius 3 is 2.64 bits per heavy atom. The molecule has 3 aromatic rings. The number of aromatic nitrogens is 1. The lowest BCUT2D eigenvalue weighted by atomic mass is 9.99. The molecule has 1 unspecified atom stereocenters. The van der Waals surface area contributed by atoms with Gasteiger partial charge in [-0.2, -0.15) is 0 Å². The maximum absolute atomic E-state index is 12.4. The molecule has 0 bridgehead atoms. The fourth-order valence-corrected chi connectivity index (χ4v) is 4.46. The van der Waals surface area contributed by atoms with Crippen molar-refractivity contribution >= 4 is 46.2 Å². The molecule has 9 heteroatoms. The fourth-order valence-electron chi connectivity index (χ4n) is 2.55. The molecule has 1 atom stereocenters. The maximum atomic E-state index is 12.4. The standard InChI is InChI=1S/C19H17ClN2O4S2/c1-26-19(25)12(8-11-2-4-13(23)5-3-11)9-21-17(24)14-10-27-18(22-14)15-6-7-16(20)28-15/h2-7,10,12,23H,8-9H2,1H3,(H,21,24). The van der Waals surface area contributed by atoms with E-state index in [0.717, 1.165) is 15.4 Å². The lowest BCUT2D eigenvalue weighted by Crippen LogP contribution is -2.34. The highest BCUT2D eigenvalue weighted by Gasteiger charge is 2.22. The average Bonchev–Trinajstić information content (AvgIpc) is 3.35. The number of hydrogen-bond acceptors (Lipinski definition) is 7. The van der Waals surface area contributed by atoms with E-state index in [-0.39, 0.29) is 23.9 Å². The smallest absolute Gasteiger partial charge is 0.310 e. The van der Waals surface area contributed by atoms with Crippen LogP contribution in [0.2, 0.25) is 4.34 Å². The number of phenols is 1.